The lowest BCUT2D eigenvalue weighted by Crippen LogP contribution is -2.19. The van der Waals surface area contributed by atoms with Crippen LogP contribution in [0.5, 0.6) is 11.5 Å². The largest absolute Gasteiger partial charge is 0.497 e. The molecule has 1 heterocycles. The van der Waals surface area contributed by atoms with Crippen molar-refractivity contribution in [1.82, 2.24) is 4.57 Å². The van der Waals surface area contributed by atoms with Crippen molar-refractivity contribution in [2.24, 2.45) is 12.8 Å². The molecule has 0 saturated heterocycles. The summed E-state index contributed by atoms with van der Waals surface area (Å²) in [5, 5.41) is 1.20. The van der Waals surface area contributed by atoms with Gasteiger partial charge in [0.1, 0.15) is 11.5 Å². The van der Waals surface area contributed by atoms with E-state index in [1.54, 1.807) is 14.2 Å². The number of aromatic nitrogens is 1. The summed E-state index contributed by atoms with van der Waals surface area (Å²) in [5.74, 6) is 1.67. The summed E-state index contributed by atoms with van der Waals surface area (Å²) >= 11 is 0. The molecule has 0 bridgehead atoms. The summed E-state index contributed by atoms with van der Waals surface area (Å²) in [6, 6.07) is 4.01. The third kappa shape index (κ3) is 1.70. The Morgan fingerprint density at radius 1 is 1.26 bits per heavy atom. The maximum Gasteiger partial charge on any atom is 0.146 e. The lowest BCUT2D eigenvalue weighted by molar-refractivity contribution is 0.397. The molecular formula is C15H20N2O2. The molecule has 2 N–H and O–H groups in total. The first-order valence-electron chi connectivity index (χ1n) is 6.57. The number of nitrogens with zero attached hydrogens (tertiary/aromatic N) is 1. The van der Waals surface area contributed by atoms with E-state index >= 15 is 0 Å². The summed E-state index contributed by atoms with van der Waals surface area (Å²) in [5.41, 5.74) is 8.57. The van der Waals surface area contributed by atoms with Crippen molar-refractivity contribution in [1.29, 1.82) is 0 Å². The molecule has 0 atom stereocenters. The number of hydrogen-bond donors (Lipinski definition) is 1. The molecular weight excluding hydrogens is 240 g/mol. The van der Waals surface area contributed by atoms with E-state index in [0.29, 0.717) is 6.54 Å². The summed E-state index contributed by atoms with van der Waals surface area (Å²) in [7, 11) is 5.42. The molecule has 102 valence electrons. The van der Waals surface area contributed by atoms with Crippen molar-refractivity contribution in [2.45, 2.75) is 18.3 Å². The van der Waals surface area contributed by atoms with Crippen LogP contribution in [0.25, 0.3) is 10.9 Å². The Balaban J connectivity index is 2.30. The third-order valence-corrected chi connectivity index (χ3v) is 4.29. The Hall–Kier alpha value is -1.68. The van der Waals surface area contributed by atoms with Crippen LogP contribution in [0.15, 0.2) is 18.3 Å². The normalized spacial score (nSPS) is 16.6. The summed E-state index contributed by atoms with van der Waals surface area (Å²) in [4.78, 5) is 0. The molecule has 0 unspecified atom stereocenters. The zero-order valence-electron chi connectivity index (χ0n) is 11.7. The molecule has 1 aromatic carbocycles. The van der Waals surface area contributed by atoms with Gasteiger partial charge in [-0.05, 0) is 24.5 Å². The number of nitrogens with two attached hydrogens (primary N) is 1. The van der Waals surface area contributed by atoms with Gasteiger partial charge in [-0.15, -0.1) is 0 Å². The van der Waals surface area contributed by atoms with E-state index in [-0.39, 0.29) is 5.41 Å². The van der Waals surface area contributed by atoms with Crippen LogP contribution in [-0.4, -0.2) is 25.3 Å². The lowest BCUT2D eigenvalue weighted by atomic mass is 9.95. The van der Waals surface area contributed by atoms with Gasteiger partial charge in [0.2, 0.25) is 0 Å². The molecule has 4 nitrogen and oxygen atoms in total. The van der Waals surface area contributed by atoms with E-state index in [1.807, 2.05) is 13.1 Å². The average molecular weight is 260 g/mol. The predicted octanol–water partition coefficient (Wildman–Crippen LogP) is 2.19. The van der Waals surface area contributed by atoms with Gasteiger partial charge >= 0.3 is 0 Å². The smallest absolute Gasteiger partial charge is 0.146 e. The average Bonchev–Trinajstić information content (AvgIpc) is 3.17. The Labute approximate surface area is 113 Å². The molecule has 0 spiro atoms. The highest BCUT2D eigenvalue weighted by Crippen LogP contribution is 2.51. The number of aryl methyl sites for hydroxylation is 1. The fraction of sp³-hybridized carbons (Fsp3) is 0.467. The minimum absolute atomic E-state index is 0.164. The van der Waals surface area contributed by atoms with Crippen molar-refractivity contribution in [3.63, 3.8) is 0 Å². The first-order chi connectivity index (χ1) is 9.15. The van der Waals surface area contributed by atoms with Crippen molar-refractivity contribution in [2.75, 3.05) is 20.8 Å². The lowest BCUT2D eigenvalue weighted by Gasteiger charge is -2.12. The van der Waals surface area contributed by atoms with Crippen LogP contribution in [0.3, 0.4) is 0 Å². The summed E-state index contributed by atoms with van der Waals surface area (Å²) in [6.45, 7) is 0.700. The van der Waals surface area contributed by atoms with Crippen molar-refractivity contribution in [3.8, 4) is 11.5 Å². The van der Waals surface area contributed by atoms with Crippen LogP contribution in [-0.2, 0) is 12.5 Å². The van der Waals surface area contributed by atoms with E-state index in [1.165, 1.54) is 23.8 Å². The molecule has 0 amide bonds. The van der Waals surface area contributed by atoms with Crippen LogP contribution in [0.2, 0.25) is 0 Å². The number of rotatable bonds is 4. The minimum Gasteiger partial charge on any atom is -0.497 e. The predicted molar refractivity (Wildman–Crippen MR) is 76.0 cm³/mol. The van der Waals surface area contributed by atoms with Crippen LogP contribution in [0, 0.1) is 0 Å². The Morgan fingerprint density at radius 2 is 2.00 bits per heavy atom. The third-order valence-electron chi connectivity index (χ3n) is 4.29. The van der Waals surface area contributed by atoms with Gasteiger partial charge in [-0.25, -0.2) is 0 Å². The molecule has 0 aliphatic heterocycles. The number of benzene rings is 1. The van der Waals surface area contributed by atoms with E-state index in [0.717, 1.165) is 17.0 Å². The summed E-state index contributed by atoms with van der Waals surface area (Å²) in [6.07, 6.45) is 4.52. The monoisotopic (exact) mass is 260 g/mol. The van der Waals surface area contributed by atoms with Gasteiger partial charge in [-0.1, -0.05) is 0 Å². The van der Waals surface area contributed by atoms with Gasteiger partial charge in [0.15, 0.2) is 0 Å². The molecule has 0 radical (unpaired) electrons. The van der Waals surface area contributed by atoms with E-state index in [4.69, 9.17) is 15.2 Å². The minimum atomic E-state index is 0.164. The molecule has 1 saturated carbocycles. The maximum absolute atomic E-state index is 5.97. The number of methoxy groups -OCH3 is 2. The molecule has 2 aromatic rings. The standard InChI is InChI=1S/C15H20N2O2/c1-17-8-12(15(9-16)4-5-15)11-6-10(18-2)7-13(19-3)14(11)17/h6-8H,4-5,9,16H2,1-3H3. The van der Waals surface area contributed by atoms with Crippen molar-refractivity contribution in [3.05, 3.63) is 23.9 Å². The van der Waals surface area contributed by atoms with E-state index in [9.17, 15) is 0 Å². The Morgan fingerprint density at radius 3 is 2.53 bits per heavy atom. The summed E-state index contributed by atoms with van der Waals surface area (Å²) < 4.78 is 13.0. The Bertz CT molecular complexity index is 627. The van der Waals surface area contributed by atoms with Crippen molar-refractivity contribution < 1.29 is 9.47 Å². The SMILES string of the molecule is COc1cc(OC)c2c(c1)c(C1(CN)CC1)cn2C. The van der Waals surface area contributed by atoms with Gasteiger partial charge in [-0.2, -0.15) is 0 Å². The van der Waals surface area contributed by atoms with Crippen LogP contribution in [0.1, 0.15) is 18.4 Å². The first kappa shape index (κ1) is 12.4. The van der Waals surface area contributed by atoms with Crippen LogP contribution < -0.4 is 15.2 Å². The molecule has 1 aromatic heterocycles. The van der Waals surface area contributed by atoms with E-state index < -0.39 is 0 Å². The second kappa shape index (κ2) is 4.17. The Kier molecular flexibility index (Phi) is 2.71. The number of hydrogen-bond acceptors (Lipinski definition) is 3. The fourth-order valence-corrected chi connectivity index (χ4v) is 2.91. The molecule has 1 aliphatic rings. The first-order valence-corrected chi connectivity index (χ1v) is 6.57. The second-order valence-electron chi connectivity index (χ2n) is 5.36. The van der Waals surface area contributed by atoms with Crippen LogP contribution in [0.4, 0.5) is 0 Å². The molecule has 3 rings (SSSR count). The highest BCUT2D eigenvalue weighted by molar-refractivity contribution is 5.92. The van der Waals surface area contributed by atoms with Crippen LogP contribution >= 0.6 is 0 Å². The van der Waals surface area contributed by atoms with Gasteiger partial charge in [0.25, 0.3) is 0 Å². The highest BCUT2D eigenvalue weighted by Gasteiger charge is 2.45. The molecule has 1 fully saturated rings. The number of fused-ring (bicyclic) bond motifs is 1. The van der Waals surface area contributed by atoms with Gasteiger partial charge < -0.3 is 19.8 Å². The molecule has 4 heteroatoms. The molecule has 19 heavy (non-hydrogen) atoms. The number of ether oxygens (including phenoxy) is 2. The van der Waals surface area contributed by atoms with E-state index in [2.05, 4.69) is 16.8 Å². The fourth-order valence-electron chi connectivity index (χ4n) is 2.91. The van der Waals surface area contributed by atoms with Gasteiger partial charge in [-0.3, -0.25) is 0 Å². The zero-order valence-corrected chi connectivity index (χ0v) is 11.7. The highest BCUT2D eigenvalue weighted by atomic mass is 16.5. The second-order valence-corrected chi connectivity index (χ2v) is 5.36. The maximum atomic E-state index is 5.97. The zero-order chi connectivity index (χ0) is 13.6. The quantitative estimate of drug-likeness (QED) is 0.916. The van der Waals surface area contributed by atoms with Gasteiger partial charge in [0, 0.05) is 36.7 Å². The van der Waals surface area contributed by atoms with Crippen molar-refractivity contribution >= 4 is 10.9 Å². The molecule has 1 aliphatic carbocycles. The van der Waals surface area contributed by atoms with Gasteiger partial charge in [0.05, 0.1) is 19.7 Å². The topological polar surface area (TPSA) is 49.4 Å².